The molecule has 0 spiro atoms. The van der Waals surface area contributed by atoms with E-state index in [2.05, 4.69) is 40.7 Å². The minimum absolute atomic E-state index is 0.0378. The average Bonchev–Trinajstić information content (AvgIpc) is 3.51. The van der Waals surface area contributed by atoms with E-state index in [0.29, 0.717) is 11.7 Å². The van der Waals surface area contributed by atoms with E-state index in [1.165, 1.54) is 0 Å². The highest BCUT2D eigenvalue weighted by Gasteiger charge is 2.39. The van der Waals surface area contributed by atoms with Gasteiger partial charge in [0.05, 0.1) is 18.0 Å². The third-order valence-electron chi connectivity index (χ3n) is 6.50. The first-order chi connectivity index (χ1) is 15.7. The number of carbonyl (C=O) groups excluding carboxylic acids is 1. The number of carbonyl (C=O) groups is 1. The molecule has 178 valence electrons. The van der Waals surface area contributed by atoms with E-state index in [-0.39, 0.29) is 17.9 Å². The van der Waals surface area contributed by atoms with Gasteiger partial charge in [-0.05, 0) is 63.7 Å². The van der Waals surface area contributed by atoms with Crippen molar-refractivity contribution in [3.8, 4) is 0 Å². The Morgan fingerprint density at radius 1 is 1.09 bits per heavy atom. The van der Waals surface area contributed by atoms with Gasteiger partial charge in [-0.1, -0.05) is 36.4 Å². The zero-order valence-electron chi connectivity index (χ0n) is 19.6. The van der Waals surface area contributed by atoms with Gasteiger partial charge in [-0.3, -0.25) is 14.4 Å². The highest BCUT2D eigenvalue weighted by atomic mass is 32.2. The molecule has 0 aromatic heterocycles. The number of rotatable bonds is 9. The molecule has 2 atom stereocenters. The predicted octanol–water partition coefficient (Wildman–Crippen LogP) is 3.18. The van der Waals surface area contributed by atoms with E-state index in [0.717, 1.165) is 56.4 Å². The summed E-state index contributed by atoms with van der Waals surface area (Å²) in [4.78, 5) is 20.2. The van der Waals surface area contributed by atoms with Gasteiger partial charge in [0.2, 0.25) is 15.9 Å². The van der Waals surface area contributed by atoms with Crippen LogP contribution in [0.1, 0.15) is 30.9 Å². The zero-order chi connectivity index (χ0) is 23.6. The van der Waals surface area contributed by atoms with Gasteiger partial charge in [-0.2, -0.15) is 0 Å². The lowest BCUT2D eigenvalue weighted by molar-refractivity contribution is -0.120. The highest BCUT2D eigenvalue weighted by Crippen LogP contribution is 2.38. The molecular weight excluding hydrogens is 436 g/mol. The van der Waals surface area contributed by atoms with Crippen LogP contribution in [-0.4, -0.2) is 70.2 Å². The molecule has 4 rings (SSSR count). The van der Waals surface area contributed by atoms with Gasteiger partial charge < -0.3 is 9.80 Å². The third kappa shape index (κ3) is 6.13. The van der Waals surface area contributed by atoms with Crippen LogP contribution in [0.15, 0.2) is 54.6 Å². The second-order valence-corrected chi connectivity index (χ2v) is 11.2. The number of amides is 1. The van der Waals surface area contributed by atoms with Gasteiger partial charge in [0.15, 0.2) is 0 Å². The summed E-state index contributed by atoms with van der Waals surface area (Å²) >= 11 is 0. The van der Waals surface area contributed by atoms with Crippen molar-refractivity contribution >= 4 is 27.3 Å². The topological polar surface area (TPSA) is 73.0 Å². The van der Waals surface area contributed by atoms with Gasteiger partial charge in [-0.25, -0.2) is 8.42 Å². The molecule has 2 aromatic rings. The van der Waals surface area contributed by atoms with Crippen LogP contribution in [0.5, 0.6) is 0 Å². The maximum absolute atomic E-state index is 13.6. The van der Waals surface area contributed by atoms with Crippen molar-refractivity contribution in [3.05, 3.63) is 60.2 Å². The molecule has 1 amide bonds. The number of anilines is 2. The summed E-state index contributed by atoms with van der Waals surface area (Å²) in [5, 5.41) is 0. The first-order valence-corrected chi connectivity index (χ1v) is 13.4. The second kappa shape index (κ2) is 9.83. The quantitative estimate of drug-likeness (QED) is 0.609. The Morgan fingerprint density at radius 2 is 1.82 bits per heavy atom. The summed E-state index contributed by atoms with van der Waals surface area (Å²) in [5.74, 6) is 0.152. The zero-order valence-corrected chi connectivity index (χ0v) is 20.5. The molecular formula is C25H34N4O3S. The van der Waals surface area contributed by atoms with E-state index in [1.807, 2.05) is 29.2 Å². The van der Waals surface area contributed by atoms with Crippen LogP contribution in [0.25, 0.3) is 0 Å². The second-order valence-electron chi connectivity index (χ2n) is 9.50. The van der Waals surface area contributed by atoms with Crippen molar-refractivity contribution in [2.24, 2.45) is 5.92 Å². The Labute approximate surface area is 197 Å². The van der Waals surface area contributed by atoms with E-state index in [9.17, 15) is 13.2 Å². The van der Waals surface area contributed by atoms with Crippen molar-refractivity contribution in [1.82, 2.24) is 9.80 Å². The molecule has 0 radical (unpaired) electrons. The van der Waals surface area contributed by atoms with Crippen LogP contribution in [-0.2, 0) is 14.8 Å². The molecule has 1 N–H and O–H groups in total. The number of hydrogen-bond acceptors (Lipinski definition) is 5. The molecule has 0 bridgehead atoms. The Balaban J connectivity index is 1.70. The summed E-state index contributed by atoms with van der Waals surface area (Å²) in [7, 11) is 0.819. The standard InChI is InChI=1S/C25H34N4O3S/c1-27(2)23-14-15-28(17-23)18-24(19-8-5-4-6-9-19)29(25(30)20-12-13-20)22-11-7-10-21(16-22)26-33(3,31)32/h4-11,16,20,23-24,26H,12-15,17-18H2,1-3H3/t23-,24+/m0/s1. The van der Waals surface area contributed by atoms with Crippen LogP contribution < -0.4 is 9.62 Å². The Kier molecular flexibility index (Phi) is 7.07. The molecule has 1 saturated heterocycles. The first-order valence-electron chi connectivity index (χ1n) is 11.6. The number of likely N-dealkylation sites (N-methyl/N-ethyl adjacent to an activating group) is 1. The third-order valence-corrected chi connectivity index (χ3v) is 7.10. The van der Waals surface area contributed by atoms with Crippen LogP contribution in [0.2, 0.25) is 0 Å². The lowest BCUT2D eigenvalue weighted by Crippen LogP contribution is -2.42. The van der Waals surface area contributed by atoms with Gasteiger partial charge in [0.1, 0.15) is 0 Å². The van der Waals surface area contributed by atoms with Gasteiger partial charge in [-0.15, -0.1) is 0 Å². The number of likely N-dealkylation sites (tertiary alicyclic amines) is 1. The molecule has 1 aliphatic heterocycles. The molecule has 1 saturated carbocycles. The van der Waals surface area contributed by atoms with E-state index in [1.54, 1.807) is 18.2 Å². The van der Waals surface area contributed by atoms with Gasteiger partial charge in [0.25, 0.3) is 0 Å². The Hall–Kier alpha value is -2.42. The van der Waals surface area contributed by atoms with Crippen LogP contribution in [0.4, 0.5) is 11.4 Å². The van der Waals surface area contributed by atoms with E-state index in [4.69, 9.17) is 0 Å². The molecule has 7 nitrogen and oxygen atoms in total. The summed E-state index contributed by atoms with van der Waals surface area (Å²) in [6.45, 7) is 2.70. The van der Waals surface area contributed by atoms with Crippen molar-refractivity contribution in [2.75, 3.05) is 49.6 Å². The molecule has 2 aliphatic rings. The van der Waals surface area contributed by atoms with E-state index >= 15 is 0 Å². The molecule has 2 fully saturated rings. The van der Waals surface area contributed by atoms with Crippen LogP contribution in [0, 0.1) is 5.92 Å². The maximum atomic E-state index is 13.6. The predicted molar refractivity (Wildman–Crippen MR) is 133 cm³/mol. The fourth-order valence-electron chi connectivity index (χ4n) is 4.58. The minimum atomic E-state index is -3.42. The fourth-order valence-corrected chi connectivity index (χ4v) is 5.13. The number of sulfonamides is 1. The normalized spacial score (nSPS) is 20.1. The number of hydrogen-bond donors (Lipinski definition) is 1. The number of nitrogens with one attached hydrogen (secondary N) is 1. The molecule has 1 heterocycles. The number of benzene rings is 2. The van der Waals surface area contributed by atoms with Crippen LogP contribution >= 0.6 is 0 Å². The largest absolute Gasteiger partial charge is 0.305 e. The van der Waals surface area contributed by atoms with Crippen molar-refractivity contribution < 1.29 is 13.2 Å². The lowest BCUT2D eigenvalue weighted by Gasteiger charge is -2.35. The Morgan fingerprint density at radius 3 is 2.42 bits per heavy atom. The summed E-state index contributed by atoms with van der Waals surface area (Å²) in [6, 6.07) is 17.7. The molecule has 33 heavy (non-hydrogen) atoms. The molecule has 0 unspecified atom stereocenters. The lowest BCUT2D eigenvalue weighted by atomic mass is 10.0. The summed E-state index contributed by atoms with van der Waals surface area (Å²) in [5.41, 5.74) is 2.27. The molecule has 2 aromatic carbocycles. The average molecular weight is 471 g/mol. The minimum Gasteiger partial charge on any atom is -0.305 e. The highest BCUT2D eigenvalue weighted by molar-refractivity contribution is 7.92. The molecule has 8 heteroatoms. The summed E-state index contributed by atoms with van der Waals surface area (Å²) in [6.07, 6.45) is 4.06. The van der Waals surface area contributed by atoms with Crippen molar-refractivity contribution in [3.63, 3.8) is 0 Å². The fraction of sp³-hybridized carbons (Fsp3) is 0.480. The smallest absolute Gasteiger partial charge is 0.230 e. The molecule has 1 aliphatic carbocycles. The monoisotopic (exact) mass is 470 g/mol. The van der Waals surface area contributed by atoms with Gasteiger partial charge >= 0.3 is 0 Å². The Bertz CT molecular complexity index is 1070. The first kappa shape index (κ1) is 23.7. The summed E-state index contributed by atoms with van der Waals surface area (Å²) < 4.78 is 26.2. The maximum Gasteiger partial charge on any atom is 0.230 e. The SMILES string of the molecule is CN(C)[C@H]1CCN(C[C@H](c2ccccc2)N(C(=O)C2CC2)c2cccc(NS(C)(=O)=O)c2)C1. The van der Waals surface area contributed by atoms with Crippen molar-refractivity contribution in [1.29, 1.82) is 0 Å². The van der Waals surface area contributed by atoms with Gasteiger partial charge in [0, 0.05) is 30.7 Å². The number of nitrogens with zero attached hydrogens (tertiary/aromatic N) is 3. The van der Waals surface area contributed by atoms with Crippen LogP contribution in [0.3, 0.4) is 0 Å². The van der Waals surface area contributed by atoms with Crippen molar-refractivity contribution in [2.45, 2.75) is 31.3 Å². The van der Waals surface area contributed by atoms with E-state index < -0.39 is 10.0 Å².